The first-order valence-corrected chi connectivity index (χ1v) is 6.39. The highest BCUT2D eigenvalue weighted by molar-refractivity contribution is 4.85. The van der Waals surface area contributed by atoms with Gasteiger partial charge < -0.3 is 4.57 Å². The van der Waals surface area contributed by atoms with E-state index < -0.39 is 0 Å². The Kier molecular flexibility index (Phi) is 3.81. The average molecular weight is 206 g/mol. The third kappa shape index (κ3) is 2.61. The number of hydrogen-bond donors (Lipinski definition) is 0. The van der Waals surface area contributed by atoms with Crippen molar-refractivity contribution in [3.8, 4) is 0 Å². The van der Waals surface area contributed by atoms with Crippen LogP contribution >= 0.6 is 0 Å². The Morgan fingerprint density at radius 2 is 2.13 bits per heavy atom. The van der Waals surface area contributed by atoms with Crippen molar-refractivity contribution >= 4 is 0 Å². The number of rotatable bonds is 4. The molecule has 2 rings (SSSR count). The van der Waals surface area contributed by atoms with E-state index in [0.29, 0.717) is 6.04 Å². The van der Waals surface area contributed by atoms with Gasteiger partial charge in [-0.05, 0) is 25.2 Å². The van der Waals surface area contributed by atoms with Crippen LogP contribution in [-0.2, 0) is 0 Å². The summed E-state index contributed by atoms with van der Waals surface area (Å²) in [7, 11) is 0. The summed E-state index contributed by atoms with van der Waals surface area (Å²) in [5.74, 6) is 0.896. The second kappa shape index (κ2) is 5.34. The zero-order valence-electron chi connectivity index (χ0n) is 9.73. The van der Waals surface area contributed by atoms with E-state index in [1.165, 1.54) is 44.9 Å². The molecule has 0 saturated heterocycles. The third-order valence-corrected chi connectivity index (χ3v) is 3.69. The molecule has 15 heavy (non-hydrogen) atoms. The van der Waals surface area contributed by atoms with E-state index in [1.54, 1.807) is 0 Å². The van der Waals surface area contributed by atoms with Gasteiger partial charge >= 0.3 is 0 Å². The van der Waals surface area contributed by atoms with Gasteiger partial charge in [0, 0.05) is 18.4 Å². The number of hydrogen-bond acceptors (Lipinski definition) is 1. The third-order valence-electron chi connectivity index (χ3n) is 3.69. The predicted molar refractivity (Wildman–Crippen MR) is 62.7 cm³/mol. The SMILES string of the molecule is CCCC(C1CCCCC1)n1ccnc1. The smallest absolute Gasteiger partial charge is 0.0948 e. The molecule has 84 valence electrons. The maximum atomic E-state index is 4.18. The Labute approximate surface area is 92.7 Å². The van der Waals surface area contributed by atoms with Crippen molar-refractivity contribution in [2.24, 2.45) is 5.92 Å². The number of imidazole rings is 1. The molecule has 1 fully saturated rings. The lowest BCUT2D eigenvalue weighted by atomic mass is 9.82. The fourth-order valence-electron chi connectivity index (χ4n) is 2.91. The standard InChI is InChI=1S/C13H22N2/c1-2-6-13(15-10-9-14-11-15)12-7-4-3-5-8-12/h9-13H,2-8H2,1H3. The average Bonchev–Trinajstić information content (AvgIpc) is 2.80. The molecule has 0 N–H and O–H groups in total. The molecule has 2 heteroatoms. The summed E-state index contributed by atoms with van der Waals surface area (Å²) in [4.78, 5) is 4.18. The molecule has 2 nitrogen and oxygen atoms in total. The van der Waals surface area contributed by atoms with E-state index in [0.717, 1.165) is 5.92 Å². The molecule has 1 aliphatic rings. The van der Waals surface area contributed by atoms with Crippen LogP contribution in [0.5, 0.6) is 0 Å². The molecule has 0 aliphatic heterocycles. The highest BCUT2D eigenvalue weighted by Crippen LogP contribution is 2.35. The van der Waals surface area contributed by atoms with Crippen LogP contribution in [0.2, 0.25) is 0 Å². The number of nitrogens with zero attached hydrogens (tertiary/aromatic N) is 2. The van der Waals surface area contributed by atoms with Crippen molar-refractivity contribution in [2.45, 2.75) is 57.9 Å². The zero-order chi connectivity index (χ0) is 10.5. The molecule has 0 aromatic carbocycles. The Morgan fingerprint density at radius 1 is 1.33 bits per heavy atom. The molecule has 1 heterocycles. The molecule has 1 saturated carbocycles. The van der Waals surface area contributed by atoms with E-state index in [1.807, 2.05) is 12.5 Å². The fourth-order valence-corrected chi connectivity index (χ4v) is 2.91. The van der Waals surface area contributed by atoms with Gasteiger partial charge in [0.15, 0.2) is 0 Å². The van der Waals surface area contributed by atoms with Gasteiger partial charge in [0.05, 0.1) is 6.33 Å². The Balaban J connectivity index is 2.04. The largest absolute Gasteiger partial charge is 0.334 e. The van der Waals surface area contributed by atoms with Crippen LogP contribution in [0.3, 0.4) is 0 Å². The molecule has 1 atom stereocenters. The van der Waals surface area contributed by atoms with Crippen molar-refractivity contribution in [1.29, 1.82) is 0 Å². The Bertz CT molecular complexity index is 260. The molecule has 0 bridgehead atoms. The molecular weight excluding hydrogens is 184 g/mol. The second-order valence-corrected chi connectivity index (χ2v) is 4.76. The summed E-state index contributed by atoms with van der Waals surface area (Å²) in [5.41, 5.74) is 0. The fraction of sp³-hybridized carbons (Fsp3) is 0.769. The summed E-state index contributed by atoms with van der Waals surface area (Å²) in [6, 6.07) is 0.706. The predicted octanol–water partition coefficient (Wildman–Crippen LogP) is 3.80. The van der Waals surface area contributed by atoms with Crippen LogP contribution in [0.4, 0.5) is 0 Å². The minimum absolute atomic E-state index is 0.706. The van der Waals surface area contributed by atoms with Gasteiger partial charge in [-0.15, -0.1) is 0 Å². The summed E-state index contributed by atoms with van der Waals surface area (Å²) in [6.07, 6.45) is 15.8. The lowest BCUT2D eigenvalue weighted by Gasteiger charge is -2.31. The van der Waals surface area contributed by atoms with Crippen LogP contribution in [0.25, 0.3) is 0 Å². The molecule has 1 aromatic rings. The van der Waals surface area contributed by atoms with Crippen molar-refractivity contribution in [2.75, 3.05) is 0 Å². The first kappa shape index (κ1) is 10.7. The van der Waals surface area contributed by atoms with Gasteiger partial charge in [0.2, 0.25) is 0 Å². The van der Waals surface area contributed by atoms with Crippen LogP contribution in [-0.4, -0.2) is 9.55 Å². The topological polar surface area (TPSA) is 17.8 Å². The zero-order valence-corrected chi connectivity index (χ0v) is 9.73. The summed E-state index contributed by atoms with van der Waals surface area (Å²) in [5, 5.41) is 0. The molecule has 1 aromatic heterocycles. The normalized spacial score (nSPS) is 20.3. The van der Waals surface area contributed by atoms with Gasteiger partial charge in [-0.1, -0.05) is 32.6 Å². The Hall–Kier alpha value is -0.790. The monoisotopic (exact) mass is 206 g/mol. The van der Waals surface area contributed by atoms with Crippen LogP contribution in [0.15, 0.2) is 18.7 Å². The van der Waals surface area contributed by atoms with E-state index in [4.69, 9.17) is 0 Å². The molecule has 0 spiro atoms. The lowest BCUT2D eigenvalue weighted by Crippen LogP contribution is -2.20. The molecule has 1 aliphatic carbocycles. The number of aromatic nitrogens is 2. The first-order valence-electron chi connectivity index (χ1n) is 6.39. The van der Waals surface area contributed by atoms with Gasteiger partial charge in [0.1, 0.15) is 0 Å². The Morgan fingerprint density at radius 3 is 2.73 bits per heavy atom. The lowest BCUT2D eigenvalue weighted by molar-refractivity contribution is 0.236. The maximum Gasteiger partial charge on any atom is 0.0948 e. The summed E-state index contributed by atoms with van der Waals surface area (Å²) >= 11 is 0. The molecule has 0 radical (unpaired) electrons. The molecule has 1 unspecified atom stereocenters. The van der Waals surface area contributed by atoms with E-state index in [9.17, 15) is 0 Å². The van der Waals surface area contributed by atoms with Gasteiger partial charge in [0.25, 0.3) is 0 Å². The van der Waals surface area contributed by atoms with Crippen molar-refractivity contribution in [3.63, 3.8) is 0 Å². The molecule has 0 amide bonds. The van der Waals surface area contributed by atoms with Gasteiger partial charge in [-0.2, -0.15) is 0 Å². The molecular formula is C13H22N2. The highest BCUT2D eigenvalue weighted by atomic mass is 15.1. The van der Waals surface area contributed by atoms with Crippen LogP contribution in [0.1, 0.15) is 57.9 Å². The van der Waals surface area contributed by atoms with Crippen molar-refractivity contribution in [1.82, 2.24) is 9.55 Å². The first-order chi connectivity index (χ1) is 7.42. The maximum absolute atomic E-state index is 4.18. The van der Waals surface area contributed by atoms with Gasteiger partial charge in [-0.3, -0.25) is 0 Å². The van der Waals surface area contributed by atoms with Crippen molar-refractivity contribution < 1.29 is 0 Å². The quantitative estimate of drug-likeness (QED) is 0.732. The van der Waals surface area contributed by atoms with E-state index in [-0.39, 0.29) is 0 Å². The van der Waals surface area contributed by atoms with Crippen LogP contribution < -0.4 is 0 Å². The van der Waals surface area contributed by atoms with Crippen LogP contribution in [0, 0.1) is 5.92 Å². The summed E-state index contributed by atoms with van der Waals surface area (Å²) in [6.45, 7) is 2.28. The van der Waals surface area contributed by atoms with E-state index in [2.05, 4.69) is 22.7 Å². The minimum Gasteiger partial charge on any atom is -0.334 e. The highest BCUT2D eigenvalue weighted by Gasteiger charge is 2.23. The van der Waals surface area contributed by atoms with E-state index >= 15 is 0 Å². The minimum atomic E-state index is 0.706. The van der Waals surface area contributed by atoms with Gasteiger partial charge in [-0.25, -0.2) is 4.98 Å². The van der Waals surface area contributed by atoms with Crippen molar-refractivity contribution in [3.05, 3.63) is 18.7 Å². The summed E-state index contributed by atoms with van der Waals surface area (Å²) < 4.78 is 2.33. The second-order valence-electron chi connectivity index (χ2n) is 4.76.